The predicted octanol–water partition coefficient (Wildman–Crippen LogP) is 2.98. The van der Waals surface area contributed by atoms with Crippen molar-refractivity contribution >= 4 is 18.3 Å². The SMILES string of the molecule is CCOc1ccccc1CN(C)C(=O)C1(CN)CCCC1.Cl. The minimum absolute atomic E-state index is 0. The Morgan fingerprint density at radius 3 is 2.55 bits per heavy atom. The molecular formula is C17H27ClN2O2. The number of amides is 1. The number of benzene rings is 1. The lowest BCUT2D eigenvalue weighted by Gasteiger charge is -2.31. The molecule has 0 atom stereocenters. The molecule has 5 heteroatoms. The molecule has 0 aromatic heterocycles. The van der Waals surface area contributed by atoms with Crippen molar-refractivity contribution in [2.75, 3.05) is 20.2 Å². The van der Waals surface area contributed by atoms with Gasteiger partial charge in [-0.25, -0.2) is 0 Å². The molecule has 0 aliphatic heterocycles. The van der Waals surface area contributed by atoms with Crippen LogP contribution in [0.25, 0.3) is 0 Å². The highest BCUT2D eigenvalue weighted by molar-refractivity contribution is 5.85. The third-order valence-electron chi connectivity index (χ3n) is 4.43. The highest BCUT2D eigenvalue weighted by Gasteiger charge is 2.41. The van der Waals surface area contributed by atoms with E-state index in [4.69, 9.17) is 10.5 Å². The van der Waals surface area contributed by atoms with Crippen LogP contribution >= 0.6 is 12.4 Å². The summed E-state index contributed by atoms with van der Waals surface area (Å²) < 4.78 is 5.63. The van der Waals surface area contributed by atoms with Gasteiger partial charge in [-0.15, -0.1) is 12.4 Å². The van der Waals surface area contributed by atoms with Crippen molar-refractivity contribution in [1.82, 2.24) is 4.90 Å². The van der Waals surface area contributed by atoms with Crippen molar-refractivity contribution in [3.8, 4) is 5.75 Å². The minimum atomic E-state index is -0.338. The number of nitrogens with two attached hydrogens (primary N) is 1. The van der Waals surface area contributed by atoms with E-state index < -0.39 is 0 Å². The quantitative estimate of drug-likeness (QED) is 0.874. The Bertz CT molecular complexity index is 487. The summed E-state index contributed by atoms with van der Waals surface area (Å²) >= 11 is 0. The van der Waals surface area contributed by atoms with E-state index in [2.05, 4.69) is 0 Å². The summed E-state index contributed by atoms with van der Waals surface area (Å²) in [6.45, 7) is 3.61. The zero-order chi connectivity index (χ0) is 15.3. The molecule has 0 spiro atoms. The first kappa shape index (κ1) is 18.8. The molecule has 1 aromatic carbocycles. The number of hydrogen-bond donors (Lipinski definition) is 1. The number of rotatable bonds is 6. The third kappa shape index (κ3) is 3.93. The first-order chi connectivity index (χ1) is 10.1. The molecule has 124 valence electrons. The molecule has 0 bridgehead atoms. The van der Waals surface area contributed by atoms with Crippen molar-refractivity contribution in [3.05, 3.63) is 29.8 Å². The molecule has 22 heavy (non-hydrogen) atoms. The van der Waals surface area contributed by atoms with E-state index in [0.717, 1.165) is 37.0 Å². The lowest BCUT2D eigenvalue weighted by Crippen LogP contribution is -2.44. The van der Waals surface area contributed by atoms with E-state index in [1.165, 1.54) is 0 Å². The van der Waals surface area contributed by atoms with Crippen molar-refractivity contribution in [1.29, 1.82) is 0 Å². The van der Waals surface area contributed by atoms with Gasteiger partial charge < -0.3 is 15.4 Å². The van der Waals surface area contributed by atoms with Gasteiger partial charge in [0.1, 0.15) is 5.75 Å². The number of carbonyl (C=O) groups is 1. The molecule has 1 aliphatic rings. The van der Waals surface area contributed by atoms with E-state index >= 15 is 0 Å². The smallest absolute Gasteiger partial charge is 0.230 e. The van der Waals surface area contributed by atoms with Gasteiger partial charge in [0, 0.05) is 25.7 Å². The molecule has 1 aromatic rings. The highest BCUT2D eigenvalue weighted by Crippen LogP contribution is 2.39. The van der Waals surface area contributed by atoms with Gasteiger partial charge in [0.2, 0.25) is 5.91 Å². The molecule has 0 radical (unpaired) electrons. The highest BCUT2D eigenvalue weighted by atomic mass is 35.5. The summed E-state index contributed by atoms with van der Waals surface area (Å²) in [5, 5.41) is 0. The first-order valence-electron chi connectivity index (χ1n) is 7.79. The molecule has 0 unspecified atom stereocenters. The lowest BCUT2D eigenvalue weighted by atomic mass is 9.84. The standard InChI is InChI=1S/C17H26N2O2.ClH/c1-3-21-15-9-5-4-8-14(15)12-19(2)16(20)17(13-18)10-6-7-11-17;/h4-5,8-9H,3,6-7,10-13,18H2,1-2H3;1H. The molecule has 0 heterocycles. The molecule has 1 fully saturated rings. The van der Waals surface area contributed by atoms with Crippen LogP contribution in [-0.4, -0.2) is 31.0 Å². The van der Waals surface area contributed by atoms with E-state index in [1.807, 2.05) is 38.2 Å². The largest absolute Gasteiger partial charge is 0.494 e. The van der Waals surface area contributed by atoms with Crippen LogP contribution in [0.1, 0.15) is 38.2 Å². The van der Waals surface area contributed by atoms with Gasteiger partial charge in [-0.3, -0.25) is 4.79 Å². The maximum absolute atomic E-state index is 12.8. The zero-order valence-corrected chi connectivity index (χ0v) is 14.3. The number of nitrogens with zero attached hydrogens (tertiary/aromatic N) is 1. The molecule has 2 rings (SSSR count). The zero-order valence-electron chi connectivity index (χ0n) is 13.5. The van der Waals surface area contributed by atoms with Gasteiger partial charge in [-0.05, 0) is 25.8 Å². The summed E-state index contributed by atoms with van der Waals surface area (Å²) in [5.74, 6) is 1.03. The summed E-state index contributed by atoms with van der Waals surface area (Å²) in [6.07, 6.45) is 4.04. The van der Waals surface area contributed by atoms with Gasteiger partial charge in [0.25, 0.3) is 0 Å². The number of carbonyl (C=O) groups excluding carboxylic acids is 1. The second-order valence-corrected chi connectivity index (χ2v) is 5.89. The van der Waals surface area contributed by atoms with Crippen LogP contribution in [-0.2, 0) is 11.3 Å². The fraction of sp³-hybridized carbons (Fsp3) is 0.588. The third-order valence-corrected chi connectivity index (χ3v) is 4.43. The number of halogens is 1. The van der Waals surface area contributed by atoms with Gasteiger partial charge >= 0.3 is 0 Å². The summed E-state index contributed by atoms with van der Waals surface area (Å²) in [4.78, 5) is 14.6. The van der Waals surface area contributed by atoms with Crippen molar-refractivity contribution < 1.29 is 9.53 Å². The Morgan fingerprint density at radius 1 is 1.32 bits per heavy atom. The Balaban J connectivity index is 0.00000242. The van der Waals surface area contributed by atoms with Crippen LogP contribution in [0, 0.1) is 5.41 Å². The maximum Gasteiger partial charge on any atom is 0.230 e. The van der Waals surface area contributed by atoms with E-state index in [0.29, 0.717) is 19.7 Å². The van der Waals surface area contributed by atoms with Crippen LogP contribution in [0.3, 0.4) is 0 Å². The second kappa shape index (κ2) is 8.39. The van der Waals surface area contributed by atoms with Crippen LogP contribution in [0.5, 0.6) is 5.75 Å². The molecular weight excluding hydrogens is 300 g/mol. The fourth-order valence-electron chi connectivity index (χ4n) is 3.22. The minimum Gasteiger partial charge on any atom is -0.494 e. The molecule has 4 nitrogen and oxygen atoms in total. The Labute approximate surface area is 139 Å². The number of hydrogen-bond acceptors (Lipinski definition) is 3. The molecule has 1 saturated carbocycles. The Morgan fingerprint density at radius 2 is 1.95 bits per heavy atom. The van der Waals surface area contributed by atoms with Crippen molar-refractivity contribution in [2.24, 2.45) is 11.1 Å². The Hall–Kier alpha value is -1.26. The average molecular weight is 327 g/mol. The lowest BCUT2D eigenvalue weighted by molar-refractivity contribution is -0.140. The molecule has 1 aliphatic carbocycles. The second-order valence-electron chi connectivity index (χ2n) is 5.89. The summed E-state index contributed by atoms with van der Waals surface area (Å²) in [6, 6.07) is 7.89. The Kier molecular flexibility index (Phi) is 7.17. The molecule has 1 amide bonds. The average Bonchev–Trinajstić information content (AvgIpc) is 2.99. The van der Waals surface area contributed by atoms with Crippen molar-refractivity contribution in [2.45, 2.75) is 39.2 Å². The van der Waals surface area contributed by atoms with Gasteiger partial charge in [-0.1, -0.05) is 31.0 Å². The predicted molar refractivity (Wildman–Crippen MR) is 91.3 cm³/mol. The summed E-state index contributed by atoms with van der Waals surface area (Å²) in [7, 11) is 1.86. The molecule has 0 saturated heterocycles. The van der Waals surface area contributed by atoms with Crippen LogP contribution in [0.4, 0.5) is 0 Å². The van der Waals surface area contributed by atoms with E-state index in [1.54, 1.807) is 4.90 Å². The normalized spacial score (nSPS) is 16.0. The summed E-state index contributed by atoms with van der Waals surface area (Å²) in [5.41, 5.74) is 6.61. The first-order valence-corrected chi connectivity index (χ1v) is 7.79. The topological polar surface area (TPSA) is 55.6 Å². The van der Waals surface area contributed by atoms with Gasteiger partial charge in [-0.2, -0.15) is 0 Å². The van der Waals surface area contributed by atoms with E-state index in [9.17, 15) is 4.79 Å². The number of para-hydroxylation sites is 1. The molecule has 2 N–H and O–H groups in total. The van der Waals surface area contributed by atoms with Crippen LogP contribution < -0.4 is 10.5 Å². The maximum atomic E-state index is 12.8. The van der Waals surface area contributed by atoms with Gasteiger partial charge in [0.15, 0.2) is 0 Å². The van der Waals surface area contributed by atoms with Crippen LogP contribution in [0.2, 0.25) is 0 Å². The van der Waals surface area contributed by atoms with Gasteiger partial charge in [0.05, 0.1) is 12.0 Å². The fourth-order valence-corrected chi connectivity index (χ4v) is 3.22. The number of ether oxygens (including phenoxy) is 1. The van der Waals surface area contributed by atoms with Crippen LogP contribution in [0.15, 0.2) is 24.3 Å². The van der Waals surface area contributed by atoms with E-state index in [-0.39, 0.29) is 23.7 Å². The van der Waals surface area contributed by atoms with Crippen molar-refractivity contribution in [3.63, 3.8) is 0 Å². The monoisotopic (exact) mass is 326 g/mol.